The van der Waals surface area contributed by atoms with Crippen molar-refractivity contribution in [2.45, 2.75) is 6.04 Å². The molecular weight excluding hydrogens is 393 g/mol. The van der Waals surface area contributed by atoms with E-state index >= 15 is 0 Å². The molecule has 2 aromatic carbocycles. The summed E-state index contributed by atoms with van der Waals surface area (Å²) in [6.07, 6.45) is 0. The van der Waals surface area contributed by atoms with Gasteiger partial charge in [0, 0.05) is 18.1 Å². The van der Waals surface area contributed by atoms with Gasteiger partial charge >= 0.3 is 11.7 Å². The highest BCUT2D eigenvalue weighted by Crippen LogP contribution is 2.28. The maximum Gasteiger partial charge on any atom is 0.335 e. The summed E-state index contributed by atoms with van der Waals surface area (Å²) in [6, 6.07) is 8.87. The molecule has 0 spiro atoms. The molecule has 1 fully saturated rings. The number of benzene rings is 2. The smallest absolute Gasteiger partial charge is 0.335 e. The summed E-state index contributed by atoms with van der Waals surface area (Å²) in [4.78, 5) is 40.4. The molecule has 0 unspecified atom stereocenters. The first-order valence-corrected chi connectivity index (χ1v) is 8.82. The average molecular weight is 406 g/mol. The van der Waals surface area contributed by atoms with Crippen molar-refractivity contribution in [2.24, 2.45) is 0 Å². The Morgan fingerprint density at radius 1 is 1.11 bits per heavy atom. The quantitative estimate of drug-likeness (QED) is 0.699. The zero-order valence-corrected chi connectivity index (χ0v) is 15.3. The molecule has 27 heavy (non-hydrogen) atoms. The fraction of sp³-hybridized carbons (Fsp3) is 0.167. The van der Waals surface area contributed by atoms with Crippen molar-refractivity contribution in [3.05, 3.63) is 68.1 Å². The molecule has 4 rings (SSSR count). The Kier molecular flexibility index (Phi) is 4.20. The van der Waals surface area contributed by atoms with Gasteiger partial charge in [0.2, 0.25) is 0 Å². The van der Waals surface area contributed by atoms with Gasteiger partial charge in [0.25, 0.3) is 5.91 Å². The fourth-order valence-electron chi connectivity index (χ4n) is 3.23. The third-order valence-corrected chi connectivity index (χ3v) is 5.19. The fourth-order valence-corrected chi connectivity index (χ4v) is 3.72. The van der Waals surface area contributed by atoms with Crippen molar-refractivity contribution in [3.8, 4) is 0 Å². The number of likely N-dealkylation sites (tertiary alicyclic amines) is 1. The lowest BCUT2D eigenvalue weighted by Gasteiger charge is -2.39. The number of nitrogens with one attached hydrogen (secondary N) is 1. The Labute approximate surface area is 162 Å². The summed E-state index contributed by atoms with van der Waals surface area (Å²) in [5, 5.41) is 9.88. The van der Waals surface area contributed by atoms with E-state index in [1.807, 2.05) is 0 Å². The zero-order chi connectivity index (χ0) is 19.3. The molecule has 2 N–H and O–H groups in total. The van der Waals surface area contributed by atoms with E-state index in [-0.39, 0.29) is 28.2 Å². The molecule has 1 amide bonds. The Hall–Kier alpha value is -2.77. The maximum atomic E-state index is 12.6. The summed E-state index contributed by atoms with van der Waals surface area (Å²) in [7, 11) is 0. The van der Waals surface area contributed by atoms with E-state index in [9.17, 15) is 14.4 Å². The van der Waals surface area contributed by atoms with Crippen LogP contribution in [0.1, 0.15) is 26.8 Å². The minimum atomic E-state index is -1.07. The molecule has 0 radical (unpaired) electrons. The van der Waals surface area contributed by atoms with Crippen LogP contribution < -0.4 is 5.69 Å². The van der Waals surface area contributed by atoms with Crippen molar-refractivity contribution in [2.75, 3.05) is 13.1 Å². The largest absolute Gasteiger partial charge is 0.478 e. The predicted molar refractivity (Wildman–Crippen MR) is 101 cm³/mol. The number of hydrogen-bond donors (Lipinski definition) is 2. The number of nitrogens with zero attached hydrogens (tertiary/aromatic N) is 2. The first-order chi connectivity index (χ1) is 12.8. The van der Waals surface area contributed by atoms with E-state index in [1.54, 1.807) is 23.1 Å². The van der Waals surface area contributed by atoms with E-state index in [0.29, 0.717) is 34.7 Å². The van der Waals surface area contributed by atoms with Crippen molar-refractivity contribution < 1.29 is 14.7 Å². The Bertz CT molecular complexity index is 1150. The third kappa shape index (κ3) is 2.98. The molecule has 138 valence electrons. The first kappa shape index (κ1) is 17.6. The SMILES string of the molecule is O=C(O)c1ccc2[nH]c(=O)n(C3CN(C(=O)c4ccc(Cl)cc4Cl)C3)c2c1. The Balaban J connectivity index is 1.60. The topological polar surface area (TPSA) is 95.4 Å². The van der Waals surface area contributed by atoms with Crippen LogP contribution in [0.3, 0.4) is 0 Å². The number of fused-ring (bicyclic) bond motifs is 1. The second-order valence-corrected chi connectivity index (χ2v) is 7.17. The van der Waals surface area contributed by atoms with Crippen molar-refractivity contribution in [3.63, 3.8) is 0 Å². The van der Waals surface area contributed by atoms with Crippen LogP contribution in [0, 0.1) is 0 Å². The minimum absolute atomic E-state index is 0.0930. The van der Waals surface area contributed by atoms with Gasteiger partial charge in [-0.2, -0.15) is 0 Å². The molecule has 0 bridgehead atoms. The highest BCUT2D eigenvalue weighted by molar-refractivity contribution is 6.36. The van der Waals surface area contributed by atoms with E-state index in [1.165, 1.54) is 22.8 Å². The van der Waals surface area contributed by atoms with Gasteiger partial charge in [0.15, 0.2) is 0 Å². The minimum Gasteiger partial charge on any atom is -0.478 e. The monoisotopic (exact) mass is 405 g/mol. The second kappa shape index (κ2) is 6.44. The lowest BCUT2D eigenvalue weighted by atomic mass is 10.1. The number of imidazole rings is 1. The molecule has 1 aliphatic heterocycles. The van der Waals surface area contributed by atoms with E-state index in [4.69, 9.17) is 28.3 Å². The van der Waals surface area contributed by atoms with Crippen LogP contribution in [0.25, 0.3) is 11.0 Å². The van der Waals surface area contributed by atoms with Gasteiger partial charge in [0.05, 0.1) is 33.2 Å². The standard InChI is InChI=1S/C18H13Cl2N3O4/c19-10-2-3-12(13(20)6-10)16(24)22-7-11(8-22)23-15-5-9(17(25)26)1-4-14(15)21-18(23)27/h1-6,11H,7-8H2,(H,21,27)(H,25,26). The highest BCUT2D eigenvalue weighted by atomic mass is 35.5. The second-order valence-electron chi connectivity index (χ2n) is 6.33. The van der Waals surface area contributed by atoms with Crippen molar-refractivity contribution in [1.82, 2.24) is 14.5 Å². The number of halogens is 2. The molecule has 7 nitrogen and oxygen atoms in total. The van der Waals surface area contributed by atoms with Crippen LogP contribution in [-0.2, 0) is 0 Å². The van der Waals surface area contributed by atoms with Gasteiger partial charge < -0.3 is 15.0 Å². The number of rotatable bonds is 3. The van der Waals surface area contributed by atoms with Crippen LogP contribution in [0.15, 0.2) is 41.2 Å². The molecule has 1 aromatic heterocycles. The van der Waals surface area contributed by atoms with Crippen LogP contribution in [0.4, 0.5) is 0 Å². The molecule has 9 heteroatoms. The molecule has 0 aliphatic carbocycles. The van der Waals surface area contributed by atoms with E-state index < -0.39 is 5.97 Å². The van der Waals surface area contributed by atoms with Crippen LogP contribution in [0.2, 0.25) is 10.0 Å². The lowest BCUT2D eigenvalue weighted by Crippen LogP contribution is -2.52. The average Bonchev–Trinajstić information content (AvgIpc) is 2.88. The zero-order valence-electron chi connectivity index (χ0n) is 13.8. The molecule has 0 atom stereocenters. The van der Waals surface area contributed by atoms with Gasteiger partial charge in [-0.3, -0.25) is 9.36 Å². The normalized spacial score (nSPS) is 14.4. The van der Waals surface area contributed by atoms with Gasteiger partial charge in [-0.15, -0.1) is 0 Å². The number of aromatic carboxylic acids is 1. The summed E-state index contributed by atoms with van der Waals surface area (Å²) in [5.74, 6) is -1.31. The molecule has 0 saturated carbocycles. The number of carbonyl (C=O) groups excluding carboxylic acids is 1. The molecular formula is C18H13Cl2N3O4. The van der Waals surface area contributed by atoms with Crippen LogP contribution >= 0.6 is 23.2 Å². The number of aromatic nitrogens is 2. The van der Waals surface area contributed by atoms with Crippen LogP contribution in [0.5, 0.6) is 0 Å². The first-order valence-electron chi connectivity index (χ1n) is 8.07. The Morgan fingerprint density at radius 2 is 1.85 bits per heavy atom. The summed E-state index contributed by atoms with van der Waals surface area (Å²) >= 11 is 11.9. The summed E-state index contributed by atoms with van der Waals surface area (Å²) in [6.45, 7) is 0.643. The summed E-state index contributed by atoms with van der Waals surface area (Å²) < 4.78 is 1.50. The summed E-state index contributed by atoms with van der Waals surface area (Å²) in [5.41, 5.74) is 1.15. The van der Waals surface area contributed by atoms with E-state index in [2.05, 4.69) is 4.98 Å². The lowest BCUT2D eigenvalue weighted by molar-refractivity contribution is 0.0522. The van der Waals surface area contributed by atoms with Crippen molar-refractivity contribution in [1.29, 1.82) is 0 Å². The van der Waals surface area contributed by atoms with Gasteiger partial charge in [-0.05, 0) is 36.4 Å². The Morgan fingerprint density at radius 3 is 2.52 bits per heavy atom. The number of H-pyrrole nitrogens is 1. The van der Waals surface area contributed by atoms with Gasteiger partial charge in [-0.1, -0.05) is 23.2 Å². The number of carboxylic acid groups (broad SMARTS) is 1. The van der Waals surface area contributed by atoms with E-state index in [0.717, 1.165) is 0 Å². The number of carboxylic acids is 1. The van der Waals surface area contributed by atoms with Gasteiger partial charge in [0.1, 0.15) is 0 Å². The highest BCUT2D eigenvalue weighted by Gasteiger charge is 2.35. The maximum absolute atomic E-state index is 12.6. The van der Waals surface area contributed by atoms with Crippen LogP contribution in [-0.4, -0.2) is 44.5 Å². The molecule has 1 aliphatic rings. The molecule has 2 heterocycles. The number of hydrogen-bond acceptors (Lipinski definition) is 3. The third-order valence-electron chi connectivity index (χ3n) is 4.64. The molecule has 3 aromatic rings. The number of amides is 1. The molecule has 1 saturated heterocycles. The number of aromatic amines is 1. The number of carbonyl (C=O) groups is 2. The van der Waals surface area contributed by atoms with Gasteiger partial charge in [-0.25, -0.2) is 9.59 Å². The predicted octanol–water partition coefficient (Wildman–Crippen LogP) is 3.03. The van der Waals surface area contributed by atoms with Crippen molar-refractivity contribution >= 4 is 46.1 Å².